The number of aliphatic carboxylic acids is 1. The van der Waals surface area contributed by atoms with Gasteiger partial charge >= 0.3 is 12.3 Å². The molecule has 0 aliphatic heterocycles. The van der Waals surface area contributed by atoms with Gasteiger partial charge < -0.3 is 25.6 Å². The zero-order valence-corrected chi connectivity index (χ0v) is 23.4. The maximum absolute atomic E-state index is 14.0. The number of halogens is 4. The van der Waals surface area contributed by atoms with E-state index in [1.165, 1.54) is 36.4 Å². The number of ether oxygens (including phenoxy) is 2. The van der Waals surface area contributed by atoms with Crippen LogP contribution in [0.5, 0.6) is 11.5 Å². The van der Waals surface area contributed by atoms with Gasteiger partial charge in [0.05, 0.1) is 5.56 Å². The monoisotopic (exact) mass is 590 g/mol. The zero-order valence-electron chi connectivity index (χ0n) is 23.4. The Labute approximate surface area is 241 Å². The van der Waals surface area contributed by atoms with Crippen molar-refractivity contribution in [2.24, 2.45) is 11.1 Å². The highest BCUT2D eigenvalue weighted by atomic mass is 19.4. The number of amides is 1. The van der Waals surface area contributed by atoms with Crippen LogP contribution in [0.1, 0.15) is 68.3 Å². The predicted molar refractivity (Wildman–Crippen MR) is 149 cm³/mol. The van der Waals surface area contributed by atoms with E-state index in [9.17, 15) is 32.3 Å². The number of carbonyl (C=O) groups is 2. The molecular weight excluding hydrogens is 556 g/mol. The summed E-state index contributed by atoms with van der Waals surface area (Å²) >= 11 is 0. The number of nitrogens with one attached hydrogen (secondary N) is 1. The van der Waals surface area contributed by atoms with E-state index < -0.39 is 46.8 Å². The average Bonchev–Trinajstić information content (AvgIpc) is 2.91. The summed E-state index contributed by atoms with van der Waals surface area (Å²) in [4.78, 5) is 26.3. The Hall–Kier alpha value is -3.86. The maximum atomic E-state index is 14.0. The average molecular weight is 591 g/mol. The quantitative estimate of drug-likeness (QED) is 0.226. The van der Waals surface area contributed by atoms with Crippen LogP contribution in [0.2, 0.25) is 0 Å². The van der Waals surface area contributed by atoms with Crippen molar-refractivity contribution in [3.63, 3.8) is 0 Å². The van der Waals surface area contributed by atoms with E-state index in [1.807, 2.05) is 13.8 Å². The lowest BCUT2D eigenvalue weighted by Crippen LogP contribution is -2.56. The maximum Gasteiger partial charge on any atom is 0.573 e. The number of alkyl halides is 3. The van der Waals surface area contributed by atoms with Crippen LogP contribution in [-0.4, -0.2) is 34.9 Å². The predicted octanol–water partition coefficient (Wildman–Crippen LogP) is 6.72. The minimum absolute atomic E-state index is 0.0449. The number of rotatable bonds is 10. The van der Waals surface area contributed by atoms with E-state index in [1.54, 1.807) is 6.07 Å². The van der Waals surface area contributed by atoms with E-state index in [0.29, 0.717) is 48.4 Å². The number of hydrogen-bond acceptors (Lipinski definition) is 5. The Morgan fingerprint density at radius 3 is 2.31 bits per heavy atom. The van der Waals surface area contributed by atoms with Gasteiger partial charge in [-0.25, -0.2) is 9.18 Å². The standard InChI is InChI=1S/C31H34F4N2O5/c1-3-12-30(15-13-29(2,36)14-16-30)26(28(39)40)37-27(38)24-10-6-20-17-21(32)7-11-23(20)25(24)41-18-19-4-8-22(9-5-19)42-31(33,34)35/h4-11,17,26H,3,12-16,18,36H2,1-2H3,(H,37,38)(H,39,40). The smallest absolute Gasteiger partial charge is 0.487 e. The zero-order chi connectivity index (χ0) is 30.7. The summed E-state index contributed by atoms with van der Waals surface area (Å²) in [6, 6.07) is 10.8. The van der Waals surface area contributed by atoms with Crippen molar-refractivity contribution in [1.82, 2.24) is 5.32 Å². The second kappa shape index (κ2) is 12.2. The molecule has 1 amide bonds. The number of carboxylic acids is 1. The first-order valence-corrected chi connectivity index (χ1v) is 13.7. The minimum atomic E-state index is -4.83. The van der Waals surface area contributed by atoms with Crippen LogP contribution < -0.4 is 20.5 Å². The third-order valence-corrected chi connectivity index (χ3v) is 7.99. The Bertz CT molecular complexity index is 1430. The largest absolute Gasteiger partial charge is 0.573 e. The molecular formula is C31H34F4N2O5. The number of hydrogen-bond donors (Lipinski definition) is 3. The third kappa shape index (κ3) is 7.31. The molecule has 1 unspecified atom stereocenters. The van der Waals surface area contributed by atoms with E-state index in [0.717, 1.165) is 18.6 Å². The van der Waals surface area contributed by atoms with Crippen molar-refractivity contribution >= 4 is 22.6 Å². The summed E-state index contributed by atoms with van der Waals surface area (Å²) in [5, 5.41) is 13.9. The molecule has 0 radical (unpaired) electrons. The molecule has 1 aliphatic carbocycles. The number of carboxylic acid groups (broad SMARTS) is 1. The molecule has 0 heterocycles. The van der Waals surface area contributed by atoms with Gasteiger partial charge in [-0.2, -0.15) is 0 Å². The van der Waals surface area contributed by atoms with E-state index in [-0.39, 0.29) is 17.9 Å². The van der Waals surface area contributed by atoms with Gasteiger partial charge in [0.1, 0.15) is 30.0 Å². The molecule has 0 spiro atoms. The highest BCUT2D eigenvalue weighted by Gasteiger charge is 2.47. The molecule has 1 fully saturated rings. The first kappa shape index (κ1) is 31.1. The van der Waals surface area contributed by atoms with E-state index in [2.05, 4.69) is 10.1 Å². The van der Waals surface area contributed by atoms with Crippen molar-refractivity contribution in [3.8, 4) is 11.5 Å². The minimum Gasteiger partial charge on any atom is -0.487 e. The number of nitrogens with two attached hydrogens (primary N) is 1. The number of benzene rings is 3. The third-order valence-electron chi connectivity index (χ3n) is 7.99. The summed E-state index contributed by atoms with van der Waals surface area (Å²) in [7, 11) is 0. The highest BCUT2D eigenvalue weighted by Crippen LogP contribution is 2.46. The molecule has 1 saturated carbocycles. The lowest BCUT2D eigenvalue weighted by atomic mass is 9.62. The van der Waals surface area contributed by atoms with Crippen LogP contribution in [0.4, 0.5) is 17.6 Å². The fourth-order valence-electron chi connectivity index (χ4n) is 5.73. The molecule has 11 heteroatoms. The fourth-order valence-corrected chi connectivity index (χ4v) is 5.73. The number of carbonyl (C=O) groups excluding carboxylic acids is 1. The Kier molecular flexibility index (Phi) is 9.01. The summed E-state index contributed by atoms with van der Waals surface area (Å²) in [5.41, 5.74) is 5.76. The van der Waals surface area contributed by atoms with Crippen molar-refractivity contribution in [2.45, 2.75) is 76.9 Å². The van der Waals surface area contributed by atoms with Crippen LogP contribution in [0.25, 0.3) is 10.8 Å². The molecule has 1 aliphatic rings. The molecule has 0 bridgehead atoms. The molecule has 0 aromatic heterocycles. The van der Waals surface area contributed by atoms with Gasteiger partial charge in [0, 0.05) is 16.3 Å². The molecule has 226 valence electrons. The van der Waals surface area contributed by atoms with Crippen LogP contribution in [0.3, 0.4) is 0 Å². The first-order chi connectivity index (χ1) is 19.7. The van der Waals surface area contributed by atoms with Gasteiger partial charge in [-0.15, -0.1) is 13.2 Å². The van der Waals surface area contributed by atoms with Gasteiger partial charge in [-0.3, -0.25) is 4.79 Å². The summed E-state index contributed by atoms with van der Waals surface area (Å²) in [5.74, 6) is -2.63. The molecule has 4 rings (SSSR count). The Balaban J connectivity index is 1.64. The van der Waals surface area contributed by atoms with Gasteiger partial charge in [0.2, 0.25) is 0 Å². The molecule has 42 heavy (non-hydrogen) atoms. The van der Waals surface area contributed by atoms with E-state index >= 15 is 0 Å². The van der Waals surface area contributed by atoms with Gasteiger partial charge in [-0.1, -0.05) is 31.5 Å². The van der Waals surface area contributed by atoms with Crippen molar-refractivity contribution < 1.29 is 41.7 Å². The molecule has 3 aromatic rings. The fraction of sp³-hybridized carbons (Fsp3) is 0.419. The van der Waals surface area contributed by atoms with Crippen LogP contribution in [0.15, 0.2) is 54.6 Å². The van der Waals surface area contributed by atoms with Crippen LogP contribution >= 0.6 is 0 Å². The van der Waals surface area contributed by atoms with Gasteiger partial charge in [0.25, 0.3) is 5.91 Å². The summed E-state index contributed by atoms with van der Waals surface area (Å²) in [6.45, 7) is 3.77. The SMILES string of the molecule is CCCC1(C(NC(=O)c2ccc3cc(F)ccc3c2OCc2ccc(OC(F)(F)F)cc2)C(=O)O)CCC(C)(N)CC1. The molecule has 3 aromatic carbocycles. The molecule has 4 N–H and O–H groups in total. The van der Waals surface area contributed by atoms with Gasteiger partial charge in [0.15, 0.2) is 0 Å². The Morgan fingerprint density at radius 1 is 1.05 bits per heavy atom. The molecule has 7 nitrogen and oxygen atoms in total. The lowest BCUT2D eigenvalue weighted by molar-refractivity contribution is -0.274. The lowest BCUT2D eigenvalue weighted by Gasteiger charge is -2.46. The summed E-state index contributed by atoms with van der Waals surface area (Å²) < 4.78 is 61.4. The second-order valence-corrected chi connectivity index (χ2v) is 11.3. The highest BCUT2D eigenvalue weighted by molar-refractivity contribution is 6.05. The second-order valence-electron chi connectivity index (χ2n) is 11.3. The Morgan fingerprint density at radius 2 is 1.71 bits per heavy atom. The molecule has 0 saturated heterocycles. The molecule has 1 atom stereocenters. The van der Waals surface area contributed by atoms with Gasteiger partial charge in [-0.05, 0) is 86.4 Å². The van der Waals surface area contributed by atoms with Crippen LogP contribution in [0, 0.1) is 11.2 Å². The van der Waals surface area contributed by atoms with E-state index in [4.69, 9.17) is 10.5 Å². The summed E-state index contributed by atoms with van der Waals surface area (Å²) in [6.07, 6.45) is -1.19. The first-order valence-electron chi connectivity index (χ1n) is 13.7. The van der Waals surface area contributed by atoms with Crippen molar-refractivity contribution in [1.29, 1.82) is 0 Å². The van der Waals surface area contributed by atoms with Crippen molar-refractivity contribution in [3.05, 3.63) is 71.5 Å². The van der Waals surface area contributed by atoms with Crippen LogP contribution in [-0.2, 0) is 11.4 Å². The van der Waals surface area contributed by atoms with Crippen molar-refractivity contribution in [2.75, 3.05) is 0 Å². The number of fused-ring (bicyclic) bond motifs is 1. The normalized spacial score (nSPS) is 21.5. The topological polar surface area (TPSA) is 111 Å².